The molecule has 1 aliphatic heterocycles. The summed E-state index contributed by atoms with van der Waals surface area (Å²) in [4.78, 5) is 13.8. The Morgan fingerprint density at radius 2 is 2.28 bits per heavy atom. The van der Waals surface area contributed by atoms with Crippen molar-refractivity contribution in [3.63, 3.8) is 0 Å². The van der Waals surface area contributed by atoms with Gasteiger partial charge in [-0.3, -0.25) is 4.79 Å². The van der Waals surface area contributed by atoms with E-state index < -0.39 is 0 Å². The van der Waals surface area contributed by atoms with Crippen LogP contribution in [0.4, 0.5) is 4.39 Å². The van der Waals surface area contributed by atoms with Gasteiger partial charge >= 0.3 is 0 Å². The molecule has 2 rings (SSSR count). The second-order valence-corrected chi connectivity index (χ2v) is 5.43. The first kappa shape index (κ1) is 15.7. The lowest BCUT2D eigenvalue weighted by Gasteiger charge is -2.16. The van der Waals surface area contributed by atoms with Crippen LogP contribution in [0.25, 0.3) is 0 Å². The quantitative estimate of drug-likeness (QED) is 0.795. The third-order valence-corrected chi connectivity index (χ3v) is 3.95. The third-order valence-electron chi connectivity index (χ3n) is 3.07. The monoisotopic (exact) mass is 384 g/mol. The highest BCUT2D eigenvalue weighted by Crippen LogP contribution is 2.19. The standard InChI is InChI=1S/C12H14FIN2O.ClH/c13-10-5-9(1-2-11(10)14)12(17)16-4-3-8(6-15)7-16;/h1-2,5,8H,3-4,6-7,15H2;1H. The van der Waals surface area contributed by atoms with Crippen molar-refractivity contribution in [2.24, 2.45) is 11.7 Å². The summed E-state index contributed by atoms with van der Waals surface area (Å²) in [6, 6.07) is 4.60. The van der Waals surface area contributed by atoms with Gasteiger partial charge in [-0.2, -0.15) is 0 Å². The zero-order valence-corrected chi connectivity index (χ0v) is 12.7. The van der Waals surface area contributed by atoms with Crippen molar-refractivity contribution in [3.8, 4) is 0 Å². The van der Waals surface area contributed by atoms with Crippen LogP contribution in [-0.2, 0) is 0 Å². The lowest BCUT2D eigenvalue weighted by atomic mass is 10.1. The predicted octanol–water partition coefficient (Wildman–Crippen LogP) is 2.27. The summed E-state index contributed by atoms with van der Waals surface area (Å²) in [5, 5.41) is 0. The summed E-state index contributed by atoms with van der Waals surface area (Å²) in [5.74, 6) is -0.0603. The van der Waals surface area contributed by atoms with Crippen LogP contribution < -0.4 is 5.73 Å². The highest BCUT2D eigenvalue weighted by molar-refractivity contribution is 14.1. The van der Waals surface area contributed by atoms with E-state index in [1.165, 1.54) is 6.07 Å². The normalized spacial score (nSPS) is 18.6. The first-order valence-corrected chi connectivity index (χ1v) is 6.64. The van der Waals surface area contributed by atoms with E-state index in [9.17, 15) is 9.18 Å². The minimum Gasteiger partial charge on any atom is -0.338 e. The molecule has 0 aromatic heterocycles. The number of nitrogens with two attached hydrogens (primary N) is 1. The molecule has 1 aromatic rings. The molecule has 1 aliphatic rings. The maximum Gasteiger partial charge on any atom is 0.253 e. The fraction of sp³-hybridized carbons (Fsp3) is 0.417. The van der Waals surface area contributed by atoms with Crippen molar-refractivity contribution in [3.05, 3.63) is 33.1 Å². The summed E-state index contributed by atoms with van der Waals surface area (Å²) in [5.41, 5.74) is 6.00. The number of carbonyl (C=O) groups is 1. The minimum atomic E-state index is -0.342. The zero-order valence-electron chi connectivity index (χ0n) is 9.73. The fourth-order valence-corrected chi connectivity index (χ4v) is 2.36. The molecule has 1 atom stereocenters. The molecule has 1 aromatic carbocycles. The number of amides is 1. The van der Waals surface area contributed by atoms with Crippen LogP contribution in [-0.4, -0.2) is 30.4 Å². The van der Waals surface area contributed by atoms with Gasteiger partial charge in [-0.15, -0.1) is 12.4 Å². The summed E-state index contributed by atoms with van der Waals surface area (Å²) < 4.78 is 13.9. The molecule has 0 saturated carbocycles. The van der Waals surface area contributed by atoms with Crippen molar-refractivity contribution >= 4 is 40.9 Å². The number of likely N-dealkylation sites (tertiary alicyclic amines) is 1. The second-order valence-electron chi connectivity index (χ2n) is 4.27. The molecule has 0 radical (unpaired) electrons. The van der Waals surface area contributed by atoms with E-state index >= 15 is 0 Å². The lowest BCUT2D eigenvalue weighted by Crippen LogP contribution is -2.29. The van der Waals surface area contributed by atoms with E-state index in [2.05, 4.69) is 0 Å². The molecule has 1 fully saturated rings. The van der Waals surface area contributed by atoms with Gasteiger partial charge in [0.25, 0.3) is 5.91 Å². The van der Waals surface area contributed by atoms with Gasteiger partial charge in [-0.05, 0) is 59.7 Å². The van der Waals surface area contributed by atoms with Crippen LogP contribution in [0.3, 0.4) is 0 Å². The highest BCUT2D eigenvalue weighted by atomic mass is 127. The van der Waals surface area contributed by atoms with Crippen LogP contribution in [0.15, 0.2) is 18.2 Å². The van der Waals surface area contributed by atoms with E-state index in [-0.39, 0.29) is 24.1 Å². The van der Waals surface area contributed by atoms with E-state index in [1.807, 2.05) is 22.6 Å². The maximum atomic E-state index is 13.4. The molecule has 0 aliphatic carbocycles. The molecule has 1 heterocycles. The van der Waals surface area contributed by atoms with Crippen molar-refractivity contribution < 1.29 is 9.18 Å². The van der Waals surface area contributed by atoms with Gasteiger partial charge in [0.2, 0.25) is 0 Å². The van der Waals surface area contributed by atoms with Gasteiger partial charge in [0.05, 0.1) is 0 Å². The first-order valence-electron chi connectivity index (χ1n) is 5.56. The Bertz CT molecular complexity index is 444. The average Bonchev–Trinajstić information content (AvgIpc) is 2.80. The van der Waals surface area contributed by atoms with E-state index in [0.29, 0.717) is 34.7 Å². The molecule has 100 valence electrons. The molecule has 0 bridgehead atoms. The molecule has 6 heteroatoms. The van der Waals surface area contributed by atoms with Crippen molar-refractivity contribution in [1.82, 2.24) is 4.90 Å². The van der Waals surface area contributed by atoms with Crippen LogP contribution in [0.1, 0.15) is 16.8 Å². The van der Waals surface area contributed by atoms with Gasteiger partial charge in [0.1, 0.15) is 5.82 Å². The lowest BCUT2D eigenvalue weighted by molar-refractivity contribution is 0.0787. The van der Waals surface area contributed by atoms with E-state index in [4.69, 9.17) is 5.73 Å². The Kier molecular flexibility index (Phi) is 5.81. The number of halogens is 3. The van der Waals surface area contributed by atoms with Gasteiger partial charge in [0.15, 0.2) is 0 Å². The largest absolute Gasteiger partial charge is 0.338 e. The number of benzene rings is 1. The van der Waals surface area contributed by atoms with Gasteiger partial charge in [-0.25, -0.2) is 4.39 Å². The molecule has 2 N–H and O–H groups in total. The van der Waals surface area contributed by atoms with Gasteiger partial charge in [-0.1, -0.05) is 0 Å². The van der Waals surface area contributed by atoms with Crippen LogP contribution >= 0.6 is 35.0 Å². The fourth-order valence-electron chi connectivity index (χ4n) is 2.02. The van der Waals surface area contributed by atoms with Crippen molar-refractivity contribution in [1.29, 1.82) is 0 Å². The van der Waals surface area contributed by atoms with Crippen LogP contribution in [0.2, 0.25) is 0 Å². The maximum absolute atomic E-state index is 13.4. The molecule has 0 spiro atoms. The SMILES string of the molecule is Cl.NCC1CCN(C(=O)c2ccc(I)c(F)c2)C1. The van der Waals surface area contributed by atoms with Crippen molar-refractivity contribution in [2.45, 2.75) is 6.42 Å². The first-order chi connectivity index (χ1) is 8.11. The topological polar surface area (TPSA) is 46.3 Å². The van der Waals surface area contributed by atoms with Crippen molar-refractivity contribution in [2.75, 3.05) is 19.6 Å². The predicted molar refractivity (Wildman–Crippen MR) is 79.4 cm³/mol. The Hall–Kier alpha value is -0.400. The molecular weight excluding hydrogens is 370 g/mol. The number of carbonyl (C=O) groups excluding carboxylic acids is 1. The molecule has 1 saturated heterocycles. The number of hydrogen-bond donors (Lipinski definition) is 1. The van der Waals surface area contributed by atoms with E-state index in [0.717, 1.165) is 6.42 Å². The molecule has 1 unspecified atom stereocenters. The second kappa shape index (κ2) is 6.68. The number of hydrogen-bond acceptors (Lipinski definition) is 2. The third kappa shape index (κ3) is 3.33. The smallest absolute Gasteiger partial charge is 0.253 e. The Labute approximate surface area is 125 Å². The zero-order chi connectivity index (χ0) is 12.4. The molecule has 18 heavy (non-hydrogen) atoms. The van der Waals surface area contributed by atoms with Gasteiger partial charge in [0, 0.05) is 22.2 Å². The molecular formula is C12H15ClFIN2O. The molecule has 1 amide bonds. The summed E-state index contributed by atoms with van der Waals surface area (Å²) in [6.45, 7) is 2.00. The number of nitrogens with zero attached hydrogens (tertiary/aromatic N) is 1. The summed E-state index contributed by atoms with van der Waals surface area (Å²) >= 11 is 1.91. The highest BCUT2D eigenvalue weighted by Gasteiger charge is 2.26. The summed E-state index contributed by atoms with van der Waals surface area (Å²) in [7, 11) is 0. The summed E-state index contributed by atoms with van der Waals surface area (Å²) in [6.07, 6.45) is 0.940. The average molecular weight is 385 g/mol. The Balaban J connectivity index is 0.00000162. The Morgan fingerprint density at radius 3 is 2.83 bits per heavy atom. The van der Waals surface area contributed by atoms with E-state index in [1.54, 1.807) is 17.0 Å². The van der Waals surface area contributed by atoms with Gasteiger partial charge < -0.3 is 10.6 Å². The van der Waals surface area contributed by atoms with Crippen LogP contribution in [0.5, 0.6) is 0 Å². The number of rotatable bonds is 2. The Morgan fingerprint density at radius 1 is 1.56 bits per heavy atom. The van der Waals surface area contributed by atoms with Crippen LogP contribution in [0, 0.1) is 15.3 Å². The minimum absolute atomic E-state index is 0. The molecule has 3 nitrogen and oxygen atoms in total.